The molecule has 0 amide bonds. The molecule has 0 spiro atoms. The largest absolute Gasteiger partial charge is 0.292 e. The quantitative estimate of drug-likeness (QED) is 0.812. The number of aromatic nitrogens is 1. The van der Waals surface area contributed by atoms with E-state index in [2.05, 4.69) is 20.9 Å². The SMILES string of the molecule is O=C(Cc1ccc(F)cc1)c1ccc(Br)cn1. The Bertz CT molecular complexity index is 522. The van der Waals surface area contributed by atoms with Gasteiger partial charge in [0.15, 0.2) is 5.78 Å². The molecule has 4 heteroatoms. The third kappa shape index (κ3) is 3.20. The average molecular weight is 294 g/mol. The average Bonchev–Trinajstić information content (AvgIpc) is 2.33. The number of nitrogens with zero attached hydrogens (tertiary/aromatic N) is 1. The first-order chi connectivity index (χ1) is 8.15. The Kier molecular flexibility index (Phi) is 3.64. The van der Waals surface area contributed by atoms with Crippen molar-refractivity contribution in [2.45, 2.75) is 6.42 Å². The summed E-state index contributed by atoms with van der Waals surface area (Å²) in [5.41, 5.74) is 1.19. The molecule has 1 aromatic heterocycles. The van der Waals surface area contributed by atoms with Crippen LogP contribution in [0.25, 0.3) is 0 Å². The molecular weight excluding hydrogens is 285 g/mol. The number of rotatable bonds is 3. The van der Waals surface area contributed by atoms with Crippen molar-refractivity contribution < 1.29 is 9.18 Å². The van der Waals surface area contributed by atoms with E-state index >= 15 is 0 Å². The molecule has 0 radical (unpaired) electrons. The molecule has 0 saturated carbocycles. The molecule has 0 N–H and O–H groups in total. The van der Waals surface area contributed by atoms with Gasteiger partial charge in [-0.1, -0.05) is 12.1 Å². The molecule has 2 aromatic rings. The van der Waals surface area contributed by atoms with Crippen LogP contribution >= 0.6 is 15.9 Å². The molecule has 0 fully saturated rings. The van der Waals surface area contributed by atoms with Crippen molar-refractivity contribution >= 4 is 21.7 Å². The van der Waals surface area contributed by atoms with E-state index < -0.39 is 0 Å². The van der Waals surface area contributed by atoms with Gasteiger partial charge in [0, 0.05) is 17.1 Å². The highest BCUT2D eigenvalue weighted by molar-refractivity contribution is 9.10. The third-order valence-corrected chi connectivity index (χ3v) is 2.76. The number of benzene rings is 1. The smallest absolute Gasteiger partial charge is 0.185 e. The molecule has 1 heterocycles. The van der Waals surface area contributed by atoms with Crippen molar-refractivity contribution in [3.63, 3.8) is 0 Å². The van der Waals surface area contributed by atoms with Crippen LogP contribution in [0.5, 0.6) is 0 Å². The zero-order valence-corrected chi connectivity index (χ0v) is 10.4. The Morgan fingerprint density at radius 1 is 1.18 bits per heavy atom. The number of halogens is 2. The lowest BCUT2D eigenvalue weighted by molar-refractivity contribution is 0.0988. The van der Waals surface area contributed by atoms with Gasteiger partial charge in [-0.3, -0.25) is 9.78 Å². The zero-order valence-electron chi connectivity index (χ0n) is 8.86. The van der Waals surface area contributed by atoms with Crippen LogP contribution in [0.4, 0.5) is 4.39 Å². The number of pyridine rings is 1. The number of hydrogen-bond acceptors (Lipinski definition) is 2. The van der Waals surface area contributed by atoms with Gasteiger partial charge in [-0.2, -0.15) is 0 Å². The van der Waals surface area contributed by atoms with Crippen molar-refractivity contribution in [1.29, 1.82) is 0 Å². The van der Waals surface area contributed by atoms with Crippen LogP contribution in [0.1, 0.15) is 16.1 Å². The van der Waals surface area contributed by atoms with E-state index in [4.69, 9.17) is 0 Å². The predicted octanol–water partition coefficient (Wildman–Crippen LogP) is 3.41. The number of Topliss-reactive ketones (excluding diaryl/α,β-unsaturated/α-hetero) is 1. The second-order valence-electron chi connectivity index (χ2n) is 3.59. The van der Waals surface area contributed by atoms with Crippen LogP contribution in [0.2, 0.25) is 0 Å². The van der Waals surface area contributed by atoms with Crippen molar-refractivity contribution in [3.05, 3.63) is 64.1 Å². The summed E-state index contributed by atoms with van der Waals surface area (Å²) in [6.07, 6.45) is 1.81. The van der Waals surface area contributed by atoms with Gasteiger partial charge in [-0.05, 0) is 45.8 Å². The normalized spacial score (nSPS) is 10.2. The Morgan fingerprint density at radius 2 is 1.88 bits per heavy atom. The van der Waals surface area contributed by atoms with E-state index in [0.29, 0.717) is 5.69 Å². The Hall–Kier alpha value is -1.55. The Morgan fingerprint density at radius 3 is 2.47 bits per heavy atom. The molecule has 0 atom stereocenters. The summed E-state index contributed by atoms with van der Waals surface area (Å²) in [5, 5.41) is 0. The van der Waals surface area contributed by atoms with Gasteiger partial charge in [0.05, 0.1) is 0 Å². The molecule has 17 heavy (non-hydrogen) atoms. The Labute approximate surface area is 107 Å². The fraction of sp³-hybridized carbons (Fsp3) is 0.0769. The monoisotopic (exact) mass is 293 g/mol. The minimum absolute atomic E-state index is 0.0795. The second-order valence-corrected chi connectivity index (χ2v) is 4.50. The zero-order chi connectivity index (χ0) is 12.3. The first kappa shape index (κ1) is 11.9. The molecule has 0 aliphatic heterocycles. The summed E-state index contributed by atoms with van der Waals surface area (Å²) in [6, 6.07) is 9.33. The van der Waals surface area contributed by atoms with Crippen LogP contribution in [0.15, 0.2) is 47.1 Å². The van der Waals surface area contributed by atoms with Gasteiger partial charge >= 0.3 is 0 Å². The summed E-state index contributed by atoms with van der Waals surface area (Å²) in [4.78, 5) is 15.9. The number of carbonyl (C=O) groups excluding carboxylic acids is 1. The Balaban J connectivity index is 2.11. The summed E-state index contributed by atoms with van der Waals surface area (Å²) >= 11 is 3.25. The minimum atomic E-state index is -0.303. The molecule has 2 rings (SSSR count). The van der Waals surface area contributed by atoms with Gasteiger partial charge in [0.1, 0.15) is 11.5 Å². The molecule has 86 valence electrons. The molecule has 2 nitrogen and oxygen atoms in total. The topological polar surface area (TPSA) is 30.0 Å². The summed E-state index contributed by atoms with van der Waals surface area (Å²) in [5.74, 6) is -0.382. The van der Waals surface area contributed by atoms with Gasteiger partial charge < -0.3 is 0 Å². The molecular formula is C13H9BrFNO. The second kappa shape index (κ2) is 5.19. The number of ketones is 1. The van der Waals surface area contributed by atoms with Crippen LogP contribution in [-0.4, -0.2) is 10.8 Å². The lowest BCUT2D eigenvalue weighted by atomic mass is 10.1. The molecule has 0 unspecified atom stereocenters. The van der Waals surface area contributed by atoms with E-state index in [9.17, 15) is 9.18 Å². The van der Waals surface area contributed by atoms with Gasteiger partial charge in [0.2, 0.25) is 0 Å². The standard InChI is InChI=1S/C13H9BrFNO/c14-10-3-6-12(16-8-10)13(17)7-9-1-4-11(15)5-2-9/h1-6,8H,7H2. The van der Waals surface area contributed by atoms with E-state index in [0.717, 1.165) is 10.0 Å². The molecule has 0 saturated heterocycles. The van der Waals surface area contributed by atoms with Gasteiger partial charge in [-0.15, -0.1) is 0 Å². The first-order valence-corrected chi connectivity index (χ1v) is 5.83. The predicted molar refractivity (Wildman–Crippen MR) is 66.4 cm³/mol. The highest BCUT2D eigenvalue weighted by Crippen LogP contribution is 2.10. The van der Waals surface area contributed by atoms with Crippen molar-refractivity contribution in [1.82, 2.24) is 4.98 Å². The van der Waals surface area contributed by atoms with Gasteiger partial charge in [0.25, 0.3) is 0 Å². The van der Waals surface area contributed by atoms with E-state index in [1.807, 2.05) is 0 Å². The van der Waals surface area contributed by atoms with Crippen LogP contribution < -0.4 is 0 Å². The molecule has 1 aromatic carbocycles. The molecule has 0 bridgehead atoms. The number of carbonyl (C=O) groups is 1. The van der Waals surface area contributed by atoms with Crippen LogP contribution in [0, 0.1) is 5.82 Å². The molecule has 0 aliphatic carbocycles. The van der Waals surface area contributed by atoms with Crippen LogP contribution in [-0.2, 0) is 6.42 Å². The lowest BCUT2D eigenvalue weighted by Gasteiger charge is -2.01. The van der Waals surface area contributed by atoms with Crippen molar-refractivity contribution in [2.24, 2.45) is 0 Å². The van der Waals surface area contributed by atoms with E-state index in [-0.39, 0.29) is 18.0 Å². The van der Waals surface area contributed by atoms with Crippen LogP contribution in [0.3, 0.4) is 0 Å². The summed E-state index contributed by atoms with van der Waals surface area (Å²) in [6.45, 7) is 0. The maximum atomic E-state index is 12.7. The number of hydrogen-bond donors (Lipinski definition) is 0. The fourth-order valence-corrected chi connectivity index (χ4v) is 1.65. The van der Waals surface area contributed by atoms with E-state index in [1.165, 1.54) is 12.1 Å². The summed E-state index contributed by atoms with van der Waals surface area (Å²) in [7, 11) is 0. The lowest BCUT2D eigenvalue weighted by Crippen LogP contribution is -2.05. The molecule has 0 aliphatic rings. The summed E-state index contributed by atoms with van der Waals surface area (Å²) < 4.78 is 13.5. The van der Waals surface area contributed by atoms with E-state index in [1.54, 1.807) is 30.5 Å². The maximum absolute atomic E-state index is 12.7. The van der Waals surface area contributed by atoms with Crippen molar-refractivity contribution in [3.8, 4) is 0 Å². The third-order valence-electron chi connectivity index (χ3n) is 2.29. The highest BCUT2D eigenvalue weighted by Gasteiger charge is 2.08. The maximum Gasteiger partial charge on any atom is 0.185 e. The minimum Gasteiger partial charge on any atom is -0.292 e. The van der Waals surface area contributed by atoms with Gasteiger partial charge in [-0.25, -0.2) is 4.39 Å². The fourth-order valence-electron chi connectivity index (χ4n) is 1.42. The first-order valence-electron chi connectivity index (χ1n) is 5.04. The highest BCUT2D eigenvalue weighted by atomic mass is 79.9. The van der Waals surface area contributed by atoms with Crippen molar-refractivity contribution in [2.75, 3.05) is 0 Å².